The number of fused-ring (bicyclic) bond motifs is 4. The molecule has 1 unspecified atom stereocenters. The van der Waals surface area contributed by atoms with Crippen molar-refractivity contribution in [3.8, 4) is 28.7 Å². The van der Waals surface area contributed by atoms with Crippen molar-refractivity contribution in [2.75, 3.05) is 13.2 Å². The van der Waals surface area contributed by atoms with Gasteiger partial charge in [-0.1, -0.05) is 18.2 Å². The van der Waals surface area contributed by atoms with E-state index in [2.05, 4.69) is 0 Å². The van der Waals surface area contributed by atoms with Crippen LogP contribution in [0.5, 0.6) is 28.7 Å². The Bertz CT molecular complexity index is 1340. The number of carbonyl (C=O) groups is 2. The summed E-state index contributed by atoms with van der Waals surface area (Å²) in [6.07, 6.45) is 1.77. The van der Waals surface area contributed by atoms with Crippen molar-refractivity contribution in [3.63, 3.8) is 0 Å². The Labute approximate surface area is 188 Å². The average molecular weight is 442 g/mol. The van der Waals surface area contributed by atoms with Gasteiger partial charge in [0.2, 0.25) is 5.78 Å². The number of hydrogen-bond donors (Lipinski definition) is 1. The van der Waals surface area contributed by atoms with Crippen LogP contribution in [-0.4, -0.2) is 30.1 Å². The predicted octanol–water partition coefficient (Wildman–Crippen LogP) is 4.22. The van der Waals surface area contributed by atoms with E-state index < -0.39 is 0 Å². The molecule has 3 aliphatic rings. The third-order valence-electron chi connectivity index (χ3n) is 5.94. The zero-order chi connectivity index (χ0) is 22.5. The number of phenolic OH excluding ortho intramolecular Hbond substituents is 1. The van der Waals surface area contributed by atoms with Gasteiger partial charge >= 0.3 is 5.97 Å². The first kappa shape index (κ1) is 19.4. The van der Waals surface area contributed by atoms with E-state index in [4.69, 9.17) is 18.9 Å². The maximum atomic E-state index is 13.1. The summed E-state index contributed by atoms with van der Waals surface area (Å²) < 4.78 is 22.7. The zero-order valence-corrected chi connectivity index (χ0v) is 17.4. The molecule has 3 aromatic rings. The average Bonchev–Trinajstić information content (AvgIpc) is 3.14. The molecule has 0 aromatic heterocycles. The number of allylic oxidation sites excluding steroid dienone is 1. The van der Waals surface area contributed by atoms with Gasteiger partial charge in [0, 0.05) is 11.5 Å². The van der Waals surface area contributed by atoms with Crippen LogP contribution in [0.1, 0.15) is 39.4 Å². The Hall–Kier alpha value is -4.26. The van der Waals surface area contributed by atoms with E-state index in [0.29, 0.717) is 47.3 Å². The van der Waals surface area contributed by atoms with Gasteiger partial charge in [0.05, 0.1) is 12.0 Å². The van der Waals surface area contributed by atoms with E-state index in [9.17, 15) is 14.7 Å². The maximum absolute atomic E-state index is 13.1. The van der Waals surface area contributed by atoms with Gasteiger partial charge in [0.25, 0.3) is 0 Å². The molecule has 6 rings (SSSR count). The molecule has 0 radical (unpaired) electrons. The summed E-state index contributed by atoms with van der Waals surface area (Å²) in [5, 5.41) is 9.66. The maximum Gasteiger partial charge on any atom is 0.312 e. The number of esters is 1. The summed E-state index contributed by atoms with van der Waals surface area (Å²) in [7, 11) is 0. The molecule has 0 amide bonds. The lowest BCUT2D eigenvalue weighted by atomic mass is 9.84. The Morgan fingerprint density at radius 1 is 0.848 bits per heavy atom. The first-order valence-corrected chi connectivity index (χ1v) is 10.6. The molecule has 0 bridgehead atoms. The van der Waals surface area contributed by atoms with Crippen LogP contribution in [-0.2, 0) is 4.79 Å². The lowest BCUT2D eigenvalue weighted by molar-refractivity contribution is -0.135. The summed E-state index contributed by atoms with van der Waals surface area (Å²) in [5.41, 5.74) is 2.63. The minimum atomic E-state index is -0.364. The van der Waals surface area contributed by atoms with Crippen molar-refractivity contribution in [1.29, 1.82) is 0 Å². The zero-order valence-electron chi connectivity index (χ0n) is 17.4. The predicted molar refractivity (Wildman–Crippen MR) is 117 cm³/mol. The molecule has 7 heteroatoms. The summed E-state index contributed by atoms with van der Waals surface area (Å²) in [4.78, 5) is 25.4. The van der Waals surface area contributed by atoms with Gasteiger partial charge in [0.1, 0.15) is 30.5 Å². The SMILES string of the molecule is O=C1CC(c2ccc(O)cc2)c2c(ccc3c2OC(=Cc2ccc4c(c2)OCCO4)C3=O)O1. The topological polar surface area (TPSA) is 91.3 Å². The molecule has 0 saturated heterocycles. The quantitative estimate of drug-likeness (QED) is 0.361. The molecule has 0 fully saturated rings. The molecule has 0 saturated carbocycles. The number of hydrogen-bond acceptors (Lipinski definition) is 7. The largest absolute Gasteiger partial charge is 0.508 e. The fraction of sp³-hybridized carbons (Fsp3) is 0.154. The fourth-order valence-electron chi connectivity index (χ4n) is 4.40. The lowest BCUT2D eigenvalue weighted by Gasteiger charge is -2.26. The van der Waals surface area contributed by atoms with Crippen LogP contribution in [0.4, 0.5) is 0 Å². The highest BCUT2D eigenvalue weighted by molar-refractivity contribution is 6.15. The Morgan fingerprint density at radius 2 is 1.61 bits per heavy atom. The Kier molecular flexibility index (Phi) is 4.36. The summed E-state index contributed by atoms with van der Waals surface area (Å²) in [5.74, 6) is 1.39. The molecular formula is C26H18O7. The van der Waals surface area contributed by atoms with E-state index in [1.807, 2.05) is 6.07 Å². The van der Waals surface area contributed by atoms with Gasteiger partial charge in [-0.2, -0.15) is 0 Å². The molecule has 33 heavy (non-hydrogen) atoms. The van der Waals surface area contributed by atoms with Gasteiger partial charge in [-0.15, -0.1) is 0 Å². The molecule has 0 spiro atoms. The Balaban J connectivity index is 1.41. The van der Waals surface area contributed by atoms with Crippen molar-refractivity contribution in [1.82, 2.24) is 0 Å². The third kappa shape index (κ3) is 3.29. The lowest BCUT2D eigenvalue weighted by Crippen LogP contribution is -2.21. The van der Waals surface area contributed by atoms with Gasteiger partial charge < -0.3 is 24.1 Å². The molecule has 3 aromatic carbocycles. The Morgan fingerprint density at radius 3 is 2.42 bits per heavy atom. The van der Waals surface area contributed by atoms with Gasteiger partial charge in [-0.05, 0) is 53.6 Å². The number of aromatic hydroxyl groups is 1. The van der Waals surface area contributed by atoms with Crippen LogP contribution in [0.25, 0.3) is 6.08 Å². The highest BCUT2D eigenvalue weighted by Gasteiger charge is 2.38. The number of carbonyl (C=O) groups excluding carboxylic acids is 2. The molecule has 1 atom stereocenters. The molecule has 3 heterocycles. The third-order valence-corrected chi connectivity index (χ3v) is 5.94. The second-order valence-corrected chi connectivity index (χ2v) is 8.02. The molecule has 7 nitrogen and oxygen atoms in total. The summed E-state index contributed by atoms with van der Waals surface area (Å²) >= 11 is 0. The van der Waals surface area contributed by atoms with Crippen LogP contribution < -0.4 is 18.9 Å². The molecule has 0 aliphatic carbocycles. The molecular weight excluding hydrogens is 424 g/mol. The number of ether oxygens (including phenoxy) is 4. The van der Waals surface area contributed by atoms with E-state index in [1.165, 1.54) is 0 Å². The van der Waals surface area contributed by atoms with Crippen molar-refractivity contribution in [2.45, 2.75) is 12.3 Å². The van der Waals surface area contributed by atoms with Gasteiger partial charge in [-0.25, -0.2) is 0 Å². The number of rotatable bonds is 2. The standard InChI is InChI=1S/C26H18O7/c27-16-4-2-15(3-5-16)18-13-23(28)32-20-8-6-17-25(29)22(33-26(17)24(18)20)12-14-1-7-19-21(11-14)31-10-9-30-19/h1-8,11-12,18,27H,9-10,13H2. The van der Waals surface area contributed by atoms with Crippen LogP contribution in [0.15, 0.2) is 60.4 Å². The van der Waals surface area contributed by atoms with Crippen molar-refractivity contribution in [3.05, 3.63) is 82.6 Å². The van der Waals surface area contributed by atoms with Crippen LogP contribution >= 0.6 is 0 Å². The highest BCUT2D eigenvalue weighted by Crippen LogP contribution is 2.49. The second-order valence-electron chi connectivity index (χ2n) is 8.02. The smallest absolute Gasteiger partial charge is 0.312 e. The van der Waals surface area contributed by atoms with Crippen molar-refractivity contribution in [2.24, 2.45) is 0 Å². The van der Waals surface area contributed by atoms with E-state index in [0.717, 1.165) is 11.1 Å². The van der Waals surface area contributed by atoms with Gasteiger partial charge in [-0.3, -0.25) is 9.59 Å². The molecule has 1 N–H and O–H groups in total. The van der Waals surface area contributed by atoms with Crippen LogP contribution in [0.3, 0.4) is 0 Å². The van der Waals surface area contributed by atoms with Crippen molar-refractivity contribution < 1.29 is 33.6 Å². The van der Waals surface area contributed by atoms with E-state index >= 15 is 0 Å². The minimum absolute atomic E-state index is 0.104. The number of Topliss-reactive ketones (excluding diaryl/α,β-unsaturated/α-hetero) is 1. The summed E-state index contributed by atoms with van der Waals surface area (Å²) in [6, 6.07) is 15.3. The molecule has 164 valence electrons. The number of benzene rings is 3. The van der Waals surface area contributed by atoms with Crippen LogP contribution in [0, 0.1) is 0 Å². The van der Waals surface area contributed by atoms with Crippen molar-refractivity contribution >= 4 is 17.8 Å². The molecule has 3 aliphatic heterocycles. The number of ketones is 1. The fourth-order valence-corrected chi connectivity index (χ4v) is 4.40. The monoisotopic (exact) mass is 442 g/mol. The first-order chi connectivity index (χ1) is 16.1. The minimum Gasteiger partial charge on any atom is -0.508 e. The first-order valence-electron chi connectivity index (χ1n) is 10.6. The van der Waals surface area contributed by atoms with Crippen LogP contribution in [0.2, 0.25) is 0 Å². The summed E-state index contributed by atoms with van der Waals surface area (Å²) in [6.45, 7) is 0.972. The number of phenols is 1. The highest BCUT2D eigenvalue weighted by atomic mass is 16.6. The van der Waals surface area contributed by atoms with Gasteiger partial charge in [0.15, 0.2) is 17.3 Å². The van der Waals surface area contributed by atoms with E-state index in [-0.39, 0.29) is 35.6 Å². The van der Waals surface area contributed by atoms with E-state index in [1.54, 1.807) is 54.6 Å². The second kappa shape index (κ2) is 7.41. The normalized spacial score (nSPS) is 19.5.